The van der Waals surface area contributed by atoms with Crippen LogP contribution in [-0.2, 0) is 9.53 Å². The molecule has 7 heteroatoms. The number of carbonyl (C=O) groups excluding carboxylic acids is 2. The van der Waals surface area contributed by atoms with Crippen molar-refractivity contribution in [2.24, 2.45) is 0 Å². The average Bonchev–Trinajstić information content (AvgIpc) is 2.47. The van der Waals surface area contributed by atoms with E-state index in [2.05, 4.69) is 5.32 Å². The largest absolute Gasteiger partial charge is 0.379 e. The minimum atomic E-state index is -0.327. The van der Waals surface area contributed by atoms with Crippen molar-refractivity contribution in [3.63, 3.8) is 0 Å². The van der Waals surface area contributed by atoms with Crippen LogP contribution in [0.3, 0.4) is 0 Å². The van der Waals surface area contributed by atoms with Crippen LogP contribution in [0.2, 0.25) is 0 Å². The molecule has 0 aromatic rings. The van der Waals surface area contributed by atoms with Gasteiger partial charge in [-0.15, -0.1) is 0 Å². The van der Waals surface area contributed by atoms with Gasteiger partial charge in [-0.05, 0) is 0 Å². The Kier molecular flexibility index (Phi) is 2.90. The third-order valence-electron chi connectivity index (χ3n) is 1.94. The van der Waals surface area contributed by atoms with Crippen LogP contribution in [0, 0.1) is 0 Å². The monoisotopic (exact) mass is 217 g/mol. The maximum atomic E-state index is 11.2. The second-order valence-corrected chi connectivity index (χ2v) is 4.13. The van der Waals surface area contributed by atoms with Gasteiger partial charge < -0.3 is 4.74 Å². The molecule has 0 radical (unpaired) electrons. The highest BCUT2D eigenvalue weighted by Crippen LogP contribution is 2.19. The normalized spacial score (nSPS) is 24.1. The molecule has 0 saturated carbocycles. The number of imide groups is 1. The van der Waals surface area contributed by atoms with Gasteiger partial charge >= 0.3 is 6.03 Å². The number of ether oxygens (including phenoxy) is 1. The standard InChI is InChI=1S/C7H11N3O3S/c11-6-5-10(7(12)8-6)14-9-1-3-13-4-2-9/h1-5H2,(H,8,11,12). The van der Waals surface area contributed by atoms with E-state index in [1.54, 1.807) is 0 Å². The SMILES string of the molecule is O=C1CN(SN2CCOCC2)C(=O)N1. The highest BCUT2D eigenvalue weighted by atomic mass is 32.2. The smallest absolute Gasteiger partial charge is 0.335 e. The quantitative estimate of drug-likeness (QED) is 0.496. The molecule has 0 unspecified atom stereocenters. The maximum Gasteiger partial charge on any atom is 0.335 e. The zero-order valence-electron chi connectivity index (χ0n) is 7.56. The number of carbonyl (C=O) groups is 2. The van der Waals surface area contributed by atoms with Crippen LogP contribution < -0.4 is 5.32 Å². The molecular weight excluding hydrogens is 206 g/mol. The summed E-state index contributed by atoms with van der Waals surface area (Å²) in [5.41, 5.74) is 0. The molecule has 2 saturated heterocycles. The van der Waals surface area contributed by atoms with Crippen LogP contribution in [0.25, 0.3) is 0 Å². The zero-order chi connectivity index (χ0) is 9.97. The van der Waals surface area contributed by atoms with Crippen molar-refractivity contribution in [1.82, 2.24) is 13.9 Å². The molecule has 0 bridgehead atoms. The zero-order valence-corrected chi connectivity index (χ0v) is 8.38. The molecule has 0 spiro atoms. The van der Waals surface area contributed by atoms with Crippen molar-refractivity contribution in [2.75, 3.05) is 32.8 Å². The van der Waals surface area contributed by atoms with Crippen molar-refractivity contribution in [3.05, 3.63) is 0 Å². The van der Waals surface area contributed by atoms with Crippen LogP contribution in [0.4, 0.5) is 4.79 Å². The third-order valence-corrected chi connectivity index (χ3v) is 3.03. The van der Waals surface area contributed by atoms with Crippen LogP contribution in [0.1, 0.15) is 0 Å². The Morgan fingerprint density at radius 2 is 2.00 bits per heavy atom. The van der Waals surface area contributed by atoms with Crippen LogP contribution in [0.5, 0.6) is 0 Å². The van der Waals surface area contributed by atoms with Gasteiger partial charge in [-0.1, -0.05) is 0 Å². The molecule has 3 amide bonds. The van der Waals surface area contributed by atoms with Gasteiger partial charge in [0.2, 0.25) is 5.91 Å². The van der Waals surface area contributed by atoms with Gasteiger partial charge in [0.05, 0.1) is 13.2 Å². The Labute approximate surface area is 85.8 Å². The number of urea groups is 1. The summed E-state index contributed by atoms with van der Waals surface area (Å²) in [5.74, 6) is -0.240. The van der Waals surface area contributed by atoms with Gasteiger partial charge in [0.25, 0.3) is 0 Å². The lowest BCUT2D eigenvalue weighted by Gasteiger charge is -2.27. The van der Waals surface area contributed by atoms with E-state index in [1.807, 2.05) is 4.31 Å². The van der Waals surface area contributed by atoms with E-state index in [1.165, 1.54) is 16.4 Å². The molecule has 0 aliphatic carbocycles. The van der Waals surface area contributed by atoms with Crippen molar-refractivity contribution < 1.29 is 14.3 Å². The van der Waals surface area contributed by atoms with E-state index in [9.17, 15) is 9.59 Å². The average molecular weight is 217 g/mol. The predicted octanol–water partition coefficient (Wildman–Crippen LogP) is -0.566. The number of nitrogens with one attached hydrogen (secondary N) is 1. The predicted molar refractivity (Wildman–Crippen MR) is 50.2 cm³/mol. The second-order valence-electron chi connectivity index (χ2n) is 3.01. The van der Waals surface area contributed by atoms with Crippen LogP contribution in [0.15, 0.2) is 0 Å². The maximum absolute atomic E-state index is 11.2. The molecule has 0 atom stereocenters. The first-order valence-electron chi connectivity index (χ1n) is 4.38. The number of morpholine rings is 1. The number of hydrogen-bond donors (Lipinski definition) is 1. The van der Waals surface area contributed by atoms with Gasteiger partial charge in [0.15, 0.2) is 0 Å². The summed E-state index contributed by atoms with van der Waals surface area (Å²) >= 11 is 1.29. The molecule has 0 aromatic heterocycles. The summed E-state index contributed by atoms with van der Waals surface area (Å²) in [5, 5.41) is 2.23. The van der Waals surface area contributed by atoms with Crippen molar-refractivity contribution in [1.29, 1.82) is 0 Å². The first-order valence-corrected chi connectivity index (χ1v) is 5.11. The minimum absolute atomic E-state index is 0.140. The van der Waals surface area contributed by atoms with Crippen molar-refractivity contribution in [3.8, 4) is 0 Å². The molecule has 2 heterocycles. The Morgan fingerprint density at radius 1 is 1.29 bits per heavy atom. The number of amides is 3. The Balaban J connectivity index is 1.84. The fourth-order valence-corrected chi connectivity index (χ4v) is 2.14. The van der Waals surface area contributed by atoms with Crippen LogP contribution in [-0.4, -0.2) is 53.4 Å². The summed E-state index contributed by atoms with van der Waals surface area (Å²) in [6, 6.07) is -0.327. The molecule has 2 fully saturated rings. The first-order chi connectivity index (χ1) is 6.75. The lowest BCUT2D eigenvalue weighted by Crippen LogP contribution is -2.35. The van der Waals surface area contributed by atoms with Crippen molar-refractivity contribution in [2.45, 2.75) is 0 Å². The van der Waals surface area contributed by atoms with Gasteiger partial charge in [-0.3, -0.25) is 10.1 Å². The summed E-state index contributed by atoms with van der Waals surface area (Å²) in [7, 11) is 0. The third kappa shape index (κ3) is 2.17. The molecule has 2 rings (SSSR count). The van der Waals surface area contributed by atoms with E-state index >= 15 is 0 Å². The minimum Gasteiger partial charge on any atom is -0.379 e. The van der Waals surface area contributed by atoms with E-state index in [0.29, 0.717) is 13.2 Å². The topological polar surface area (TPSA) is 61.9 Å². The van der Waals surface area contributed by atoms with Gasteiger partial charge in [-0.25, -0.2) is 13.4 Å². The highest BCUT2D eigenvalue weighted by Gasteiger charge is 2.29. The summed E-state index contributed by atoms with van der Waals surface area (Å²) < 4.78 is 8.61. The summed E-state index contributed by atoms with van der Waals surface area (Å²) in [6.45, 7) is 3.05. The number of rotatable bonds is 2. The number of hydrogen-bond acceptors (Lipinski definition) is 5. The fourth-order valence-electron chi connectivity index (χ4n) is 1.26. The molecule has 2 aliphatic rings. The Bertz CT molecular complexity index is 255. The molecule has 78 valence electrons. The first kappa shape index (κ1) is 9.75. The van der Waals surface area contributed by atoms with Crippen molar-refractivity contribution >= 4 is 24.1 Å². The van der Waals surface area contributed by atoms with E-state index in [0.717, 1.165) is 13.1 Å². The van der Waals surface area contributed by atoms with E-state index < -0.39 is 0 Å². The van der Waals surface area contributed by atoms with Gasteiger partial charge in [0, 0.05) is 25.2 Å². The molecule has 0 aromatic carbocycles. The van der Waals surface area contributed by atoms with E-state index in [-0.39, 0.29) is 18.5 Å². The molecule has 6 nitrogen and oxygen atoms in total. The molecular formula is C7H11N3O3S. The highest BCUT2D eigenvalue weighted by molar-refractivity contribution is 7.95. The van der Waals surface area contributed by atoms with Gasteiger partial charge in [-0.2, -0.15) is 0 Å². The summed E-state index contributed by atoms with van der Waals surface area (Å²) in [4.78, 5) is 22.0. The Morgan fingerprint density at radius 3 is 2.57 bits per heavy atom. The van der Waals surface area contributed by atoms with E-state index in [4.69, 9.17) is 4.74 Å². The molecule has 2 aliphatic heterocycles. The lowest BCUT2D eigenvalue weighted by molar-refractivity contribution is -0.118. The summed E-state index contributed by atoms with van der Waals surface area (Å²) in [6.07, 6.45) is 0. The van der Waals surface area contributed by atoms with Gasteiger partial charge in [0.1, 0.15) is 6.54 Å². The number of nitrogens with zero attached hydrogens (tertiary/aromatic N) is 2. The molecule has 1 N–H and O–H groups in total. The lowest BCUT2D eigenvalue weighted by atomic mass is 10.5. The Hall–Kier alpha value is -0.790. The van der Waals surface area contributed by atoms with Crippen LogP contribution >= 0.6 is 12.1 Å². The second kappa shape index (κ2) is 4.16. The fraction of sp³-hybridized carbons (Fsp3) is 0.714. The molecule has 14 heavy (non-hydrogen) atoms.